The Hall–Kier alpha value is -3.17. The second-order valence-corrected chi connectivity index (χ2v) is 6.67. The highest BCUT2D eigenvalue weighted by molar-refractivity contribution is 5.97. The van der Waals surface area contributed by atoms with E-state index in [1.165, 1.54) is 17.0 Å². The summed E-state index contributed by atoms with van der Waals surface area (Å²) in [5, 5.41) is 0. The molecule has 4 amide bonds. The SMILES string of the molecule is CCOc1cc(C(=O)NNC(=O)[C@H]2CCCN(C(N)=O)C2)cc(OCC)c1OCC. The number of hydrogen-bond donors (Lipinski definition) is 3. The molecule has 1 aromatic rings. The lowest BCUT2D eigenvalue weighted by Crippen LogP contribution is -2.51. The summed E-state index contributed by atoms with van der Waals surface area (Å²) < 4.78 is 16.8. The number of nitrogens with zero attached hydrogens (tertiary/aromatic N) is 1. The number of amides is 4. The van der Waals surface area contributed by atoms with Crippen LogP contribution in [0.25, 0.3) is 0 Å². The Kier molecular flexibility index (Phi) is 8.57. The quantitative estimate of drug-likeness (QED) is 0.543. The summed E-state index contributed by atoms with van der Waals surface area (Å²) in [5.74, 6) is -0.163. The van der Waals surface area contributed by atoms with Gasteiger partial charge in [-0.05, 0) is 45.7 Å². The molecule has 1 aromatic carbocycles. The fourth-order valence-corrected chi connectivity index (χ4v) is 3.20. The first kappa shape index (κ1) is 23.1. The van der Waals surface area contributed by atoms with Crippen LogP contribution in [0, 0.1) is 5.92 Å². The molecule has 10 heteroatoms. The average Bonchev–Trinajstić information content (AvgIpc) is 2.74. The van der Waals surface area contributed by atoms with Gasteiger partial charge in [-0.25, -0.2) is 4.79 Å². The van der Waals surface area contributed by atoms with Crippen LogP contribution >= 0.6 is 0 Å². The Morgan fingerprint density at radius 3 is 2.17 bits per heavy atom. The number of rotatable bonds is 8. The van der Waals surface area contributed by atoms with Gasteiger partial charge in [0.2, 0.25) is 11.7 Å². The molecule has 0 radical (unpaired) electrons. The number of primary amides is 1. The molecule has 2 rings (SSSR count). The number of carbonyl (C=O) groups is 3. The van der Waals surface area contributed by atoms with Crippen molar-refractivity contribution in [2.45, 2.75) is 33.6 Å². The highest BCUT2D eigenvalue weighted by Gasteiger charge is 2.28. The van der Waals surface area contributed by atoms with Crippen molar-refractivity contribution in [3.63, 3.8) is 0 Å². The van der Waals surface area contributed by atoms with E-state index < -0.39 is 17.9 Å². The van der Waals surface area contributed by atoms with E-state index in [1.807, 2.05) is 20.8 Å². The van der Waals surface area contributed by atoms with Gasteiger partial charge in [0.1, 0.15) is 0 Å². The van der Waals surface area contributed by atoms with Crippen molar-refractivity contribution in [1.29, 1.82) is 0 Å². The van der Waals surface area contributed by atoms with Crippen LogP contribution in [0.3, 0.4) is 0 Å². The largest absolute Gasteiger partial charge is 0.490 e. The second kappa shape index (κ2) is 11.1. The van der Waals surface area contributed by atoms with Gasteiger partial charge in [0.05, 0.1) is 25.7 Å². The van der Waals surface area contributed by atoms with Gasteiger partial charge in [-0.15, -0.1) is 0 Å². The third kappa shape index (κ3) is 5.91. The highest BCUT2D eigenvalue weighted by atomic mass is 16.5. The van der Waals surface area contributed by atoms with Gasteiger partial charge in [-0.2, -0.15) is 0 Å². The zero-order valence-electron chi connectivity index (χ0n) is 17.7. The molecule has 0 bridgehead atoms. The molecule has 10 nitrogen and oxygen atoms in total. The van der Waals surface area contributed by atoms with Gasteiger partial charge in [-0.3, -0.25) is 20.4 Å². The molecule has 1 atom stereocenters. The minimum Gasteiger partial charge on any atom is -0.490 e. The van der Waals surface area contributed by atoms with E-state index in [4.69, 9.17) is 19.9 Å². The van der Waals surface area contributed by atoms with Crippen LogP contribution in [-0.4, -0.2) is 55.7 Å². The molecule has 4 N–H and O–H groups in total. The number of nitrogens with one attached hydrogen (secondary N) is 2. The van der Waals surface area contributed by atoms with E-state index in [1.54, 1.807) is 0 Å². The maximum absolute atomic E-state index is 12.6. The molecule has 1 saturated heterocycles. The summed E-state index contributed by atoms with van der Waals surface area (Å²) in [7, 11) is 0. The molecule has 0 aromatic heterocycles. The van der Waals surface area contributed by atoms with Crippen molar-refractivity contribution in [2.75, 3.05) is 32.9 Å². The van der Waals surface area contributed by atoms with Crippen LogP contribution in [-0.2, 0) is 4.79 Å². The van der Waals surface area contributed by atoms with Crippen LogP contribution in [0.2, 0.25) is 0 Å². The summed E-state index contributed by atoms with van der Waals surface area (Å²) in [6.45, 7) is 7.40. The Bertz CT molecular complexity index is 743. The van der Waals surface area contributed by atoms with Crippen molar-refractivity contribution in [1.82, 2.24) is 15.8 Å². The van der Waals surface area contributed by atoms with Crippen molar-refractivity contribution in [3.05, 3.63) is 17.7 Å². The zero-order valence-corrected chi connectivity index (χ0v) is 17.7. The first-order valence-electron chi connectivity index (χ1n) is 10.1. The molecule has 0 aliphatic carbocycles. The molecule has 1 heterocycles. The lowest BCUT2D eigenvalue weighted by Gasteiger charge is -2.30. The molecule has 0 saturated carbocycles. The standard InChI is InChI=1S/C20H30N4O6/c1-4-28-15-10-14(11-16(29-5-2)17(15)30-6-3)19(26)23-22-18(25)13-8-7-9-24(12-13)20(21)27/h10-11,13H,4-9,12H2,1-3H3,(H2,21,27)(H,22,25)(H,23,26)/t13-/m0/s1. The van der Waals surface area contributed by atoms with Crippen molar-refractivity contribution in [2.24, 2.45) is 11.7 Å². The number of urea groups is 1. The molecule has 1 aliphatic heterocycles. The summed E-state index contributed by atoms with van der Waals surface area (Å²) in [5.41, 5.74) is 10.4. The lowest BCUT2D eigenvalue weighted by atomic mass is 9.98. The molecular weight excluding hydrogens is 392 g/mol. The van der Waals surface area contributed by atoms with Gasteiger partial charge < -0.3 is 24.8 Å². The number of hydrazine groups is 1. The van der Waals surface area contributed by atoms with Crippen molar-refractivity contribution in [3.8, 4) is 17.2 Å². The first-order valence-corrected chi connectivity index (χ1v) is 10.1. The van der Waals surface area contributed by atoms with Gasteiger partial charge >= 0.3 is 6.03 Å². The van der Waals surface area contributed by atoms with Crippen molar-refractivity contribution < 1.29 is 28.6 Å². The van der Waals surface area contributed by atoms with E-state index in [-0.39, 0.29) is 18.0 Å². The monoisotopic (exact) mass is 422 g/mol. The Morgan fingerprint density at radius 1 is 1.03 bits per heavy atom. The van der Waals surface area contributed by atoms with Crippen LogP contribution in [0.4, 0.5) is 4.79 Å². The number of ether oxygens (including phenoxy) is 3. The fraction of sp³-hybridized carbons (Fsp3) is 0.550. The number of benzene rings is 1. The normalized spacial score (nSPS) is 15.8. The van der Waals surface area contributed by atoms with Gasteiger partial charge in [0, 0.05) is 18.7 Å². The Balaban J connectivity index is 2.10. The van der Waals surface area contributed by atoms with E-state index in [0.29, 0.717) is 56.5 Å². The predicted molar refractivity (Wildman–Crippen MR) is 109 cm³/mol. The number of carbonyl (C=O) groups excluding carboxylic acids is 3. The third-order valence-corrected chi connectivity index (χ3v) is 4.57. The molecule has 0 spiro atoms. The zero-order chi connectivity index (χ0) is 22.1. The van der Waals surface area contributed by atoms with Gasteiger partial charge in [-0.1, -0.05) is 0 Å². The number of piperidine rings is 1. The second-order valence-electron chi connectivity index (χ2n) is 6.67. The fourth-order valence-electron chi connectivity index (χ4n) is 3.20. The Morgan fingerprint density at radius 2 is 1.63 bits per heavy atom. The van der Waals surface area contributed by atoms with Crippen LogP contribution < -0.4 is 30.8 Å². The minimum atomic E-state index is -0.558. The third-order valence-electron chi connectivity index (χ3n) is 4.57. The van der Waals surface area contributed by atoms with Crippen molar-refractivity contribution >= 4 is 17.8 Å². The van der Waals surface area contributed by atoms with Crippen LogP contribution in [0.15, 0.2) is 12.1 Å². The molecular formula is C20H30N4O6. The molecule has 0 unspecified atom stereocenters. The highest BCUT2D eigenvalue weighted by Crippen LogP contribution is 2.39. The molecule has 1 aliphatic rings. The van der Waals surface area contributed by atoms with E-state index in [0.717, 1.165) is 0 Å². The summed E-state index contributed by atoms with van der Waals surface area (Å²) in [4.78, 5) is 37.8. The number of likely N-dealkylation sites (tertiary alicyclic amines) is 1. The summed E-state index contributed by atoms with van der Waals surface area (Å²) >= 11 is 0. The summed E-state index contributed by atoms with van der Waals surface area (Å²) in [6.07, 6.45) is 1.28. The maximum Gasteiger partial charge on any atom is 0.314 e. The topological polar surface area (TPSA) is 132 Å². The van der Waals surface area contributed by atoms with E-state index in [2.05, 4.69) is 10.9 Å². The van der Waals surface area contributed by atoms with Gasteiger partial charge in [0.25, 0.3) is 5.91 Å². The number of nitrogens with two attached hydrogens (primary N) is 1. The smallest absolute Gasteiger partial charge is 0.314 e. The van der Waals surface area contributed by atoms with Crippen LogP contribution in [0.1, 0.15) is 44.0 Å². The first-order chi connectivity index (χ1) is 14.4. The number of hydrogen-bond acceptors (Lipinski definition) is 6. The Labute approximate surface area is 176 Å². The van der Waals surface area contributed by atoms with Crippen LogP contribution in [0.5, 0.6) is 17.2 Å². The van der Waals surface area contributed by atoms with E-state index >= 15 is 0 Å². The summed E-state index contributed by atoms with van der Waals surface area (Å²) in [6, 6.07) is 2.51. The van der Waals surface area contributed by atoms with Gasteiger partial charge in [0.15, 0.2) is 11.5 Å². The molecule has 166 valence electrons. The van der Waals surface area contributed by atoms with E-state index in [9.17, 15) is 14.4 Å². The predicted octanol–water partition coefficient (Wildman–Crippen LogP) is 1.43. The maximum atomic E-state index is 12.6. The lowest BCUT2D eigenvalue weighted by molar-refractivity contribution is -0.127. The molecule has 1 fully saturated rings. The molecule has 30 heavy (non-hydrogen) atoms. The average molecular weight is 422 g/mol. The minimum absolute atomic E-state index is 0.225.